The molecule has 1 heterocycles. The lowest BCUT2D eigenvalue weighted by Gasteiger charge is -2.43. The normalized spacial score (nSPS) is 31.7. The molecule has 21 heavy (non-hydrogen) atoms. The second kappa shape index (κ2) is 6.87. The van der Waals surface area contributed by atoms with Gasteiger partial charge >= 0.3 is 0 Å². The molecular weight excluding hydrogens is 284 g/mol. The van der Waals surface area contributed by atoms with E-state index in [1.54, 1.807) is 0 Å². The molecule has 2 atom stereocenters. The predicted molar refractivity (Wildman–Crippen MR) is 90.6 cm³/mol. The summed E-state index contributed by atoms with van der Waals surface area (Å²) in [5.41, 5.74) is 6.45. The fraction of sp³-hybridized carbons (Fsp3) is 0.941. The summed E-state index contributed by atoms with van der Waals surface area (Å²) in [7, 11) is 0. The lowest BCUT2D eigenvalue weighted by molar-refractivity contribution is -0.140. The number of carbonyl (C=O) groups excluding carboxylic acids is 1. The lowest BCUT2D eigenvalue weighted by atomic mass is 9.72. The van der Waals surface area contributed by atoms with E-state index in [0.717, 1.165) is 51.1 Å². The molecule has 124 valence electrons. The highest BCUT2D eigenvalue weighted by Crippen LogP contribution is 2.37. The Balaban J connectivity index is 0.00000220. The van der Waals surface area contributed by atoms with Gasteiger partial charge in [0.1, 0.15) is 0 Å². The molecule has 0 aromatic rings. The second-order valence-electron chi connectivity index (χ2n) is 8.27. The zero-order valence-electron chi connectivity index (χ0n) is 14.2. The van der Waals surface area contributed by atoms with E-state index >= 15 is 0 Å². The Kier molecular flexibility index (Phi) is 6.14. The number of hydrogen-bond acceptors (Lipinski definition) is 2. The number of halogens is 1. The van der Waals surface area contributed by atoms with Gasteiger partial charge in [-0.05, 0) is 43.9 Å². The summed E-state index contributed by atoms with van der Waals surface area (Å²) in [4.78, 5) is 14.9. The summed E-state index contributed by atoms with van der Waals surface area (Å²) in [5.74, 6) is 1.10. The summed E-state index contributed by atoms with van der Waals surface area (Å²) in [6, 6.07) is 0. The molecule has 0 radical (unpaired) electrons. The lowest BCUT2D eigenvalue weighted by Crippen LogP contribution is -2.55. The van der Waals surface area contributed by atoms with Crippen molar-refractivity contribution in [2.75, 3.05) is 13.1 Å². The fourth-order valence-corrected chi connectivity index (χ4v) is 3.95. The molecule has 2 rings (SSSR count). The van der Waals surface area contributed by atoms with Crippen molar-refractivity contribution in [1.82, 2.24) is 4.90 Å². The van der Waals surface area contributed by atoms with Gasteiger partial charge in [-0.25, -0.2) is 0 Å². The highest BCUT2D eigenvalue weighted by atomic mass is 35.5. The van der Waals surface area contributed by atoms with Crippen LogP contribution < -0.4 is 5.73 Å². The molecule has 1 saturated carbocycles. The number of nitrogens with two attached hydrogens (primary N) is 1. The monoisotopic (exact) mass is 316 g/mol. The second-order valence-corrected chi connectivity index (χ2v) is 8.27. The number of likely N-dealkylation sites (tertiary alicyclic amines) is 1. The number of rotatable bonds is 1. The third-order valence-electron chi connectivity index (χ3n) is 5.58. The molecule has 3 nitrogen and oxygen atoms in total. The van der Waals surface area contributed by atoms with Gasteiger partial charge in [0.15, 0.2) is 0 Å². The fourth-order valence-electron chi connectivity index (χ4n) is 3.95. The Morgan fingerprint density at radius 3 is 2.19 bits per heavy atom. The van der Waals surface area contributed by atoms with Crippen LogP contribution in [0.15, 0.2) is 0 Å². The molecule has 0 aromatic heterocycles. The molecule has 4 heteroatoms. The van der Waals surface area contributed by atoms with Crippen LogP contribution >= 0.6 is 12.4 Å². The maximum atomic E-state index is 12.8. The first-order chi connectivity index (χ1) is 9.22. The van der Waals surface area contributed by atoms with Crippen molar-refractivity contribution < 1.29 is 4.79 Å². The number of carbonyl (C=O) groups is 1. The van der Waals surface area contributed by atoms with Crippen LogP contribution in [0.3, 0.4) is 0 Å². The van der Waals surface area contributed by atoms with E-state index < -0.39 is 0 Å². The average Bonchev–Trinajstić information content (AvgIpc) is 2.36. The predicted octanol–water partition coefficient (Wildman–Crippen LogP) is 3.60. The van der Waals surface area contributed by atoms with Crippen LogP contribution in [-0.2, 0) is 4.79 Å². The van der Waals surface area contributed by atoms with Crippen molar-refractivity contribution >= 4 is 18.3 Å². The van der Waals surface area contributed by atoms with Crippen LogP contribution in [0.1, 0.15) is 66.2 Å². The highest BCUT2D eigenvalue weighted by Gasteiger charge is 2.41. The molecule has 1 amide bonds. The summed E-state index contributed by atoms with van der Waals surface area (Å²) >= 11 is 0. The van der Waals surface area contributed by atoms with E-state index in [1.807, 2.05) is 0 Å². The number of piperidine rings is 1. The first-order valence-corrected chi connectivity index (χ1v) is 8.29. The smallest absolute Gasteiger partial charge is 0.227 e. The van der Waals surface area contributed by atoms with Gasteiger partial charge in [-0.1, -0.05) is 33.6 Å². The van der Waals surface area contributed by atoms with Crippen molar-refractivity contribution in [3.8, 4) is 0 Å². The van der Waals surface area contributed by atoms with Crippen molar-refractivity contribution in [1.29, 1.82) is 0 Å². The molecule has 1 saturated heterocycles. The van der Waals surface area contributed by atoms with Gasteiger partial charge in [0.05, 0.1) is 5.92 Å². The SMILES string of the molecule is CC(C)(C)C1CCN(C(=O)C2CCCCC2(C)N)CC1.Cl. The first-order valence-electron chi connectivity index (χ1n) is 8.29. The van der Waals surface area contributed by atoms with Crippen molar-refractivity contribution in [3.63, 3.8) is 0 Å². The Morgan fingerprint density at radius 2 is 1.71 bits per heavy atom. The zero-order chi connectivity index (χ0) is 15.0. The topological polar surface area (TPSA) is 46.3 Å². The van der Waals surface area contributed by atoms with Crippen LogP contribution in [0.25, 0.3) is 0 Å². The van der Waals surface area contributed by atoms with Crippen LogP contribution in [0.5, 0.6) is 0 Å². The molecule has 2 N–H and O–H groups in total. The van der Waals surface area contributed by atoms with Gasteiger partial charge in [0, 0.05) is 18.6 Å². The summed E-state index contributed by atoms with van der Waals surface area (Å²) < 4.78 is 0. The maximum absolute atomic E-state index is 12.8. The Hall–Kier alpha value is -0.280. The van der Waals surface area contributed by atoms with Gasteiger partial charge < -0.3 is 10.6 Å². The molecule has 1 aliphatic carbocycles. The minimum absolute atomic E-state index is 0. The maximum Gasteiger partial charge on any atom is 0.227 e. The highest BCUT2D eigenvalue weighted by molar-refractivity contribution is 5.85. The summed E-state index contributed by atoms with van der Waals surface area (Å²) in [5, 5.41) is 0. The van der Waals surface area contributed by atoms with Crippen molar-refractivity contribution in [2.24, 2.45) is 23.0 Å². The molecule has 0 bridgehead atoms. The molecule has 0 aromatic carbocycles. The van der Waals surface area contributed by atoms with Gasteiger partial charge in [-0.2, -0.15) is 0 Å². The number of hydrogen-bond donors (Lipinski definition) is 1. The third kappa shape index (κ3) is 4.35. The van der Waals surface area contributed by atoms with Gasteiger partial charge in [-0.15, -0.1) is 12.4 Å². The molecule has 2 fully saturated rings. The van der Waals surface area contributed by atoms with E-state index in [0.29, 0.717) is 11.3 Å². The minimum Gasteiger partial charge on any atom is -0.342 e. The summed E-state index contributed by atoms with van der Waals surface area (Å²) in [6.45, 7) is 10.9. The number of amides is 1. The van der Waals surface area contributed by atoms with Crippen LogP contribution in [0.4, 0.5) is 0 Å². The quantitative estimate of drug-likeness (QED) is 0.803. The van der Waals surface area contributed by atoms with Gasteiger partial charge in [0.2, 0.25) is 5.91 Å². The largest absolute Gasteiger partial charge is 0.342 e. The van der Waals surface area contributed by atoms with E-state index in [1.165, 1.54) is 6.42 Å². The van der Waals surface area contributed by atoms with Crippen molar-refractivity contribution in [3.05, 3.63) is 0 Å². The van der Waals surface area contributed by atoms with E-state index in [-0.39, 0.29) is 23.9 Å². The Bertz CT molecular complexity index is 354. The summed E-state index contributed by atoms with van der Waals surface area (Å²) in [6.07, 6.45) is 6.57. The van der Waals surface area contributed by atoms with E-state index in [9.17, 15) is 4.79 Å². The van der Waals surface area contributed by atoms with E-state index in [2.05, 4.69) is 32.6 Å². The van der Waals surface area contributed by atoms with Gasteiger partial charge in [0.25, 0.3) is 0 Å². The number of nitrogens with zero attached hydrogens (tertiary/aromatic N) is 1. The van der Waals surface area contributed by atoms with Crippen molar-refractivity contribution in [2.45, 2.75) is 71.8 Å². The standard InChI is InChI=1S/C17H32N2O.ClH/c1-16(2,3)13-8-11-19(12-9-13)15(20)14-7-5-6-10-17(14,4)18;/h13-14H,5-12,18H2,1-4H3;1H. The molecule has 0 spiro atoms. The minimum atomic E-state index is -0.295. The van der Waals surface area contributed by atoms with Crippen LogP contribution in [0.2, 0.25) is 0 Å². The average molecular weight is 317 g/mol. The Morgan fingerprint density at radius 1 is 1.14 bits per heavy atom. The van der Waals surface area contributed by atoms with Crippen LogP contribution in [0, 0.1) is 17.3 Å². The van der Waals surface area contributed by atoms with Gasteiger partial charge in [-0.3, -0.25) is 4.79 Å². The third-order valence-corrected chi connectivity index (χ3v) is 5.58. The first kappa shape index (κ1) is 18.8. The molecular formula is C17H33ClN2O. The molecule has 2 aliphatic rings. The molecule has 2 unspecified atom stereocenters. The Labute approximate surface area is 136 Å². The molecule has 1 aliphatic heterocycles. The zero-order valence-corrected chi connectivity index (χ0v) is 15.0. The van der Waals surface area contributed by atoms with E-state index in [4.69, 9.17) is 5.73 Å². The van der Waals surface area contributed by atoms with Crippen LogP contribution in [-0.4, -0.2) is 29.4 Å².